The van der Waals surface area contributed by atoms with E-state index in [-0.39, 0.29) is 22.4 Å². The summed E-state index contributed by atoms with van der Waals surface area (Å²) in [5.74, 6) is -2.04. The van der Waals surface area contributed by atoms with Crippen LogP contribution in [0, 0.1) is 5.82 Å². The van der Waals surface area contributed by atoms with E-state index in [2.05, 4.69) is 10.0 Å². The molecule has 1 heterocycles. The van der Waals surface area contributed by atoms with Crippen molar-refractivity contribution in [1.82, 2.24) is 5.32 Å². The van der Waals surface area contributed by atoms with Crippen molar-refractivity contribution in [3.63, 3.8) is 0 Å². The number of carboxylic acid groups (broad SMARTS) is 1. The molecule has 0 bridgehead atoms. The number of halogens is 1. The molecular formula is C19H18FN3O6S. The average molecular weight is 435 g/mol. The molecule has 0 spiro atoms. The fourth-order valence-corrected chi connectivity index (χ4v) is 4.11. The highest BCUT2D eigenvalue weighted by Crippen LogP contribution is 2.30. The lowest BCUT2D eigenvalue weighted by atomic mass is 10.2. The number of carbonyl (C=O) groups excluding carboxylic acids is 1. The second-order valence-electron chi connectivity index (χ2n) is 6.24. The first kappa shape index (κ1) is 21.1. The fourth-order valence-electron chi connectivity index (χ4n) is 2.85. The molecule has 0 unspecified atom stereocenters. The van der Waals surface area contributed by atoms with Gasteiger partial charge in [-0.1, -0.05) is 6.07 Å². The van der Waals surface area contributed by atoms with Gasteiger partial charge in [0.15, 0.2) is 0 Å². The number of rotatable bonds is 7. The summed E-state index contributed by atoms with van der Waals surface area (Å²) < 4.78 is 47.4. The standard InChI is InChI=1S/C19H18FN3O6S/c1-29-16-6-2-12(3-7-18(24)25)10-17(16)30(27,28)22-15-11-13(4-5-14(15)20)23-9-8-21-19(23)26/h2-7,10-11,22H,8-9H2,1H3,(H,21,26)(H,24,25). The molecule has 0 radical (unpaired) electrons. The van der Waals surface area contributed by atoms with E-state index in [1.54, 1.807) is 0 Å². The molecule has 158 valence electrons. The van der Waals surface area contributed by atoms with Crippen LogP contribution in [0.5, 0.6) is 5.75 Å². The summed E-state index contributed by atoms with van der Waals surface area (Å²) in [6, 6.07) is 7.32. The van der Waals surface area contributed by atoms with Crippen LogP contribution >= 0.6 is 0 Å². The zero-order valence-corrected chi connectivity index (χ0v) is 16.6. The Bertz CT molecular complexity index is 1130. The summed E-state index contributed by atoms with van der Waals surface area (Å²) in [5.41, 5.74) is 0.275. The Labute approximate surface area is 171 Å². The van der Waals surface area contributed by atoms with Crippen molar-refractivity contribution in [2.45, 2.75) is 4.90 Å². The number of benzene rings is 2. The molecule has 0 atom stereocenters. The quantitative estimate of drug-likeness (QED) is 0.573. The Morgan fingerprint density at radius 2 is 2.07 bits per heavy atom. The lowest BCUT2D eigenvalue weighted by molar-refractivity contribution is -0.131. The lowest BCUT2D eigenvalue weighted by Crippen LogP contribution is -2.27. The summed E-state index contributed by atoms with van der Waals surface area (Å²) in [6.07, 6.45) is 2.07. The maximum atomic E-state index is 14.3. The predicted octanol–water partition coefficient (Wildman–Crippen LogP) is 2.26. The van der Waals surface area contributed by atoms with Crippen LogP contribution < -0.4 is 19.7 Å². The number of carbonyl (C=O) groups is 2. The van der Waals surface area contributed by atoms with Gasteiger partial charge in [-0.3, -0.25) is 9.62 Å². The molecule has 1 saturated heterocycles. The van der Waals surface area contributed by atoms with Crippen LogP contribution in [0.3, 0.4) is 0 Å². The number of aliphatic carboxylic acids is 1. The molecule has 3 rings (SSSR count). The topological polar surface area (TPSA) is 125 Å². The predicted molar refractivity (Wildman–Crippen MR) is 108 cm³/mol. The minimum atomic E-state index is -4.31. The maximum Gasteiger partial charge on any atom is 0.328 e. The largest absolute Gasteiger partial charge is 0.495 e. The van der Waals surface area contributed by atoms with Crippen molar-refractivity contribution in [3.05, 3.63) is 53.9 Å². The van der Waals surface area contributed by atoms with Crippen LogP contribution in [-0.4, -0.2) is 45.7 Å². The molecule has 0 aromatic heterocycles. The summed E-state index contributed by atoms with van der Waals surface area (Å²) in [6.45, 7) is 0.785. The van der Waals surface area contributed by atoms with Crippen molar-refractivity contribution in [3.8, 4) is 5.75 Å². The fraction of sp³-hybridized carbons (Fsp3) is 0.158. The van der Waals surface area contributed by atoms with E-state index in [0.717, 1.165) is 12.1 Å². The molecule has 9 nitrogen and oxygen atoms in total. The van der Waals surface area contributed by atoms with Crippen molar-refractivity contribution in [2.75, 3.05) is 29.8 Å². The molecule has 30 heavy (non-hydrogen) atoms. The van der Waals surface area contributed by atoms with Crippen LogP contribution in [0.15, 0.2) is 47.4 Å². The minimum absolute atomic E-state index is 0.00883. The Balaban J connectivity index is 1.97. The van der Waals surface area contributed by atoms with E-state index in [0.29, 0.717) is 24.3 Å². The highest BCUT2D eigenvalue weighted by molar-refractivity contribution is 7.92. The monoisotopic (exact) mass is 435 g/mol. The number of hydrogen-bond acceptors (Lipinski definition) is 5. The first-order valence-corrected chi connectivity index (χ1v) is 10.2. The number of ether oxygens (including phenoxy) is 1. The van der Waals surface area contributed by atoms with E-state index in [1.165, 1.54) is 48.4 Å². The van der Waals surface area contributed by atoms with Crippen molar-refractivity contribution < 1.29 is 32.2 Å². The van der Waals surface area contributed by atoms with E-state index in [4.69, 9.17) is 9.84 Å². The van der Waals surface area contributed by atoms with Crippen molar-refractivity contribution in [1.29, 1.82) is 0 Å². The highest BCUT2D eigenvalue weighted by atomic mass is 32.2. The lowest BCUT2D eigenvalue weighted by Gasteiger charge is -2.17. The van der Waals surface area contributed by atoms with Gasteiger partial charge in [0.25, 0.3) is 10.0 Å². The van der Waals surface area contributed by atoms with Gasteiger partial charge < -0.3 is 15.2 Å². The first-order chi connectivity index (χ1) is 14.2. The van der Waals surface area contributed by atoms with Gasteiger partial charge in [-0.25, -0.2) is 22.4 Å². The third-order valence-electron chi connectivity index (χ3n) is 4.26. The number of carboxylic acids is 1. The van der Waals surface area contributed by atoms with Crippen LogP contribution in [-0.2, 0) is 14.8 Å². The number of urea groups is 1. The second kappa shape index (κ2) is 8.41. The SMILES string of the molecule is COc1ccc(C=CC(=O)O)cc1S(=O)(=O)Nc1cc(N2CCNC2=O)ccc1F. The van der Waals surface area contributed by atoms with Crippen LogP contribution in [0.1, 0.15) is 5.56 Å². The summed E-state index contributed by atoms with van der Waals surface area (Å²) in [4.78, 5) is 23.6. The Morgan fingerprint density at radius 3 is 2.70 bits per heavy atom. The molecule has 2 amide bonds. The molecular weight excluding hydrogens is 417 g/mol. The molecule has 3 N–H and O–H groups in total. The molecule has 1 aliphatic rings. The molecule has 0 saturated carbocycles. The summed E-state index contributed by atoms with van der Waals surface area (Å²) in [7, 11) is -3.04. The third-order valence-corrected chi connectivity index (χ3v) is 5.64. The minimum Gasteiger partial charge on any atom is -0.495 e. The maximum absolute atomic E-state index is 14.3. The smallest absolute Gasteiger partial charge is 0.328 e. The van der Waals surface area contributed by atoms with Gasteiger partial charge in [-0.05, 0) is 42.0 Å². The van der Waals surface area contributed by atoms with Gasteiger partial charge in [-0.2, -0.15) is 0 Å². The second-order valence-corrected chi connectivity index (χ2v) is 7.89. The Kier molecular flexibility index (Phi) is 5.92. The number of nitrogens with one attached hydrogen (secondary N) is 2. The van der Waals surface area contributed by atoms with Gasteiger partial charge >= 0.3 is 12.0 Å². The van der Waals surface area contributed by atoms with Crippen LogP contribution in [0.25, 0.3) is 6.08 Å². The zero-order valence-electron chi connectivity index (χ0n) is 15.8. The molecule has 2 aromatic carbocycles. The number of methoxy groups -OCH3 is 1. The number of sulfonamides is 1. The summed E-state index contributed by atoms with van der Waals surface area (Å²) in [5, 5.41) is 11.4. The van der Waals surface area contributed by atoms with Crippen LogP contribution in [0.2, 0.25) is 0 Å². The van der Waals surface area contributed by atoms with E-state index >= 15 is 0 Å². The number of anilines is 2. The van der Waals surface area contributed by atoms with Gasteiger partial charge in [0.1, 0.15) is 16.5 Å². The number of amides is 2. The Hall–Kier alpha value is -3.60. The van der Waals surface area contributed by atoms with Gasteiger partial charge in [0.2, 0.25) is 0 Å². The third kappa shape index (κ3) is 4.51. The normalized spacial score (nSPS) is 14.1. The molecule has 1 aliphatic heterocycles. The van der Waals surface area contributed by atoms with Crippen molar-refractivity contribution >= 4 is 39.5 Å². The van der Waals surface area contributed by atoms with E-state index in [1.807, 2.05) is 0 Å². The van der Waals surface area contributed by atoms with Gasteiger partial charge in [0.05, 0.1) is 12.8 Å². The highest BCUT2D eigenvalue weighted by Gasteiger charge is 2.25. The number of nitrogens with zero attached hydrogens (tertiary/aromatic N) is 1. The molecule has 11 heteroatoms. The molecule has 1 fully saturated rings. The van der Waals surface area contributed by atoms with E-state index in [9.17, 15) is 22.4 Å². The molecule has 2 aromatic rings. The summed E-state index contributed by atoms with van der Waals surface area (Å²) >= 11 is 0. The average Bonchev–Trinajstić information content (AvgIpc) is 3.13. The van der Waals surface area contributed by atoms with Crippen LogP contribution in [0.4, 0.5) is 20.6 Å². The van der Waals surface area contributed by atoms with Gasteiger partial charge in [-0.15, -0.1) is 0 Å². The molecule has 0 aliphatic carbocycles. The Morgan fingerprint density at radius 1 is 1.30 bits per heavy atom. The number of hydrogen-bond donors (Lipinski definition) is 3. The van der Waals surface area contributed by atoms with E-state index < -0.39 is 21.8 Å². The van der Waals surface area contributed by atoms with Crippen molar-refractivity contribution in [2.24, 2.45) is 0 Å². The van der Waals surface area contributed by atoms with Gasteiger partial charge in [0, 0.05) is 24.9 Å². The first-order valence-electron chi connectivity index (χ1n) is 8.68. The zero-order chi connectivity index (χ0) is 21.9.